The molecule has 8 nitrogen and oxygen atoms in total. The zero-order valence-electron chi connectivity index (χ0n) is 13.4. The van der Waals surface area contributed by atoms with Crippen molar-refractivity contribution in [3.05, 3.63) is 47.8 Å². The lowest BCUT2D eigenvalue weighted by molar-refractivity contribution is 0.122. The average Bonchev–Trinajstić information content (AvgIpc) is 2.67. The molecule has 2 aromatic rings. The van der Waals surface area contributed by atoms with Gasteiger partial charge in [-0.1, -0.05) is 12.1 Å². The summed E-state index contributed by atoms with van der Waals surface area (Å²) in [5, 5.41) is 9.07. The first-order valence-electron chi connectivity index (χ1n) is 7.73. The van der Waals surface area contributed by atoms with E-state index in [9.17, 15) is 8.42 Å². The van der Waals surface area contributed by atoms with E-state index in [1.807, 2.05) is 11.0 Å². The van der Waals surface area contributed by atoms with Gasteiger partial charge in [-0.25, -0.2) is 23.1 Å². The Morgan fingerprint density at radius 2 is 2.00 bits per heavy atom. The second kappa shape index (κ2) is 7.57. The third-order valence-electron chi connectivity index (χ3n) is 3.73. The number of nitrogens with one attached hydrogen (secondary N) is 1. The highest BCUT2D eigenvalue weighted by Gasteiger charge is 2.19. The minimum absolute atomic E-state index is 0.0158. The van der Waals surface area contributed by atoms with E-state index in [1.54, 1.807) is 24.4 Å². The average molecular weight is 359 g/mol. The molecule has 1 N–H and O–H groups in total. The largest absolute Gasteiger partial charge is 0.378 e. The van der Waals surface area contributed by atoms with Crippen molar-refractivity contribution in [2.45, 2.75) is 11.4 Å². The fraction of sp³-hybridized carbons (Fsp3) is 0.312. The molecule has 3 rings (SSSR count). The van der Waals surface area contributed by atoms with Gasteiger partial charge < -0.3 is 9.64 Å². The molecule has 0 amide bonds. The molecule has 0 bridgehead atoms. The van der Waals surface area contributed by atoms with Crippen molar-refractivity contribution >= 4 is 16.0 Å². The lowest BCUT2D eigenvalue weighted by Gasteiger charge is -2.26. The van der Waals surface area contributed by atoms with E-state index >= 15 is 0 Å². The van der Waals surface area contributed by atoms with Crippen LogP contribution in [-0.2, 0) is 21.3 Å². The topological polar surface area (TPSA) is 108 Å². The maximum atomic E-state index is 12.4. The first-order valence-corrected chi connectivity index (χ1v) is 9.22. The molecule has 9 heteroatoms. The zero-order chi connectivity index (χ0) is 17.7. The van der Waals surface area contributed by atoms with Gasteiger partial charge in [0.1, 0.15) is 6.07 Å². The minimum Gasteiger partial charge on any atom is -0.378 e. The third-order valence-corrected chi connectivity index (χ3v) is 5.19. The summed E-state index contributed by atoms with van der Waals surface area (Å²) in [5.41, 5.74) is 0.654. The molecule has 1 fully saturated rings. The maximum absolute atomic E-state index is 12.4. The molecule has 0 saturated carbocycles. The number of hydrogen-bond acceptors (Lipinski definition) is 7. The number of sulfonamides is 1. The van der Waals surface area contributed by atoms with E-state index in [-0.39, 0.29) is 17.0 Å². The van der Waals surface area contributed by atoms with Crippen LogP contribution in [0.4, 0.5) is 5.95 Å². The van der Waals surface area contributed by atoms with Gasteiger partial charge in [0.25, 0.3) is 0 Å². The van der Waals surface area contributed by atoms with Crippen LogP contribution < -0.4 is 9.62 Å². The van der Waals surface area contributed by atoms with Crippen LogP contribution in [0.15, 0.2) is 41.4 Å². The number of ether oxygens (including phenoxy) is 1. The van der Waals surface area contributed by atoms with Gasteiger partial charge in [-0.2, -0.15) is 5.26 Å². The van der Waals surface area contributed by atoms with E-state index < -0.39 is 10.0 Å². The Labute approximate surface area is 146 Å². The predicted octanol–water partition coefficient (Wildman–Crippen LogP) is 0.663. The molecular formula is C16H17N5O3S. The van der Waals surface area contributed by atoms with Gasteiger partial charge >= 0.3 is 0 Å². The Balaban J connectivity index is 1.74. The molecular weight excluding hydrogens is 342 g/mol. The lowest BCUT2D eigenvalue weighted by Crippen LogP contribution is -2.37. The smallest absolute Gasteiger partial charge is 0.242 e. The fourth-order valence-corrected chi connectivity index (χ4v) is 3.59. The molecule has 0 unspecified atom stereocenters. The number of rotatable bonds is 5. The van der Waals surface area contributed by atoms with Crippen LogP contribution in [0, 0.1) is 11.3 Å². The van der Waals surface area contributed by atoms with Gasteiger partial charge in [-0.15, -0.1) is 0 Å². The Morgan fingerprint density at radius 3 is 2.76 bits per heavy atom. The Morgan fingerprint density at radius 1 is 1.24 bits per heavy atom. The Bertz CT molecular complexity index is 889. The summed E-state index contributed by atoms with van der Waals surface area (Å²) in [6.45, 7) is 2.65. The monoisotopic (exact) mass is 359 g/mol. The molecule has 0 atom stereocenters. The first-order chi connectivity index (χ1) is 12.1. The summed E-state index contributed by atoms with van der Waals surface area (Å²) >= 11 is 0. The zero-order valence-corrected chi connectivity index (χ0v) is 14.2. The van der Waals surface area contributed by atoms with Crippen LogP contribution in [0.3, 0.4) is 0 Å². The normalized spacial score (nSPS) is 14.9. The number of anilines is 1. The number of aromatic nitrogens is 2. The summed E-state index contributed by atoms with van der Waals surface area (Å²) in [5.74, 6) is 0.553. The van der Waals surface area contributed by atoms with Crippen LogP contribution in [0.5, 0.6) is 0 Å². The Kier molecular flexibility index (Phi) is 5.23. The number of hydrogen-bond donors (Lipinski definition) is 1. The van der Waals surface area contributed by atoms with Crippen molar-refractivity contribution in [3.63, 3.8) is 0 Å². The summed E-state index contributed by atoms with van der Waals surface area (Å²) in [6.07, 6.45) is 1.60. The van der Waals surface area contributed by atoms with Gasteiger partial charge in [0.05, 0.1) is 35.9 Å². The molecule has 25 heavy (non-hydrogen) atoms. The van der Waals surface area contributed by atoms with E-state index in [2.05, 4.69) is 14.7 Å². The van der Waals surface area contributed by atoms with Crippen LogP contribution in [0.25, 0.3) is 0 Å². The van der Waals surface area contributed by atoms with Crippen molar-refractivity contribution in [2.75, 3.05) is 31.2 Å². The van der Waals surface area contributed by atoms with Crippen LogP contribution >= 0.6 is 0 Å². The molecule has 1 saturated heterocycles. The van der Waals surface area contributed by atoms with Gasteiger partial charge in [0.15, 0.2) is 0 Å². The van der Waals surface area contributed by atoms with Crippen molar-refractivity contribution in [1.82, 2.24) is 14.7 Å². The molecule has 130 valence electrons. The lowest BCUT2D eigenvalue weighted by atomic mass is 10.2. The first kappa shape index (κ1) is 17.3. The summed E-state index contributed by atoms with van der Waals surface area (Å²) in [6, 6.07) is 9.62. The van der Waals surface area contributed by atoms with Crippen molar-refractivity contribution in [3.8, 4) is 6.07 Å². The van der Waals surface area contributed by atoms with E-state index in [0.29, 0.717) is 37.9 Å². The molecule has 2 heterocycles. The van der Waals surface area contributed by atoms with Gasteiger partial charge in [-0.05, 0) is 18.2 Å². The van der Waals surface area contributed by atoms with Crippen LogP contribution in [0.2, 0.25) is 0 Å². The number of benzene rings is 1. The summed E-state index contributed by atoms with van der Waals surface area (Å²) in [7, 11) is -3.81. The standard InChI is InChI=1S/C16H17N5O3S/c17-11-13-3-1-2-4-15(13)25(22,23)19-12-14-5-6-18-16(20-14)21-7-9-24-10-8-21/h1-6,19H,7-10,12H2. The second-order valence-electron chi connectivity index (χ2n) is 5.38. The van der Waals surface area contributed by atoms with E-state index in [0.717, 1.165) is 0 Å². The Hall–Kier alpha value is -2.54. The highest BCUT2D eigenvalue weighted by atomic mass is 32.2. The van der Waals surface area contributed by atoms with Gasteiger partial charge in [0.2, 0.25) is 16.0 Å². The van der Waals surface area contributed by atoms with Gasteiger partial charge in [0, 0.05) is 19.3 Å². The molecule has 1 aliphatic heterocycles. The highest BCUT2D eigenvalue weighted by molar-refractivity contribution is 7.89. The molecule has 0 radical (unpaired) electrons. The minimum atomic E-state index is -3.81. The second-order valence-corrected chi connectivity index (χ2v) is 7.12. The van der Waals surface area contributed by atoms with E-state index in [4.69, 9.17) is 10.00 Å². The summed E-state index contributed by atoms with van der Waals surface area (Å²) < 4.78 is 32.7. The number of morpholine rings is 1. The van der Waals surface area contributed by atoms with Crippen LogP contribution in [0.1, 0.15) is 11.3 Å². The number of nitriles is 1. The maximum Gasteiger partial charge on any atom is 0.242 e. The van der Waals surface area contributed by atoms with Crippen LogP contribution in [-0.4, -0.2) is 44.7 Å². The van der Waals surface area contributed by atoms with E-state index in [1.165, 1.54) is 12.1 Å². The SMILES string of the molecule is N#Cc1ccccc1S(=O)(=O)NCc1ccnc(N2CCOCC2)n1. The molecule has 0 aliphatic carbocycles. The number of nitrogens with zero attached hydrogens (tertiary/aromatic N) is 4. The molecule has 1 aromatic carbocycles. The quantitative estimate of drug-likeness (QED) is 0.835. The summed E-state index contributed by atoms with van der Waals surface area (Å²) in [4.78, 5) is 10.6. The van der Waals surface area contributed by atoms with Gasteiger partial charge in [-0.3, -0.25) is 0 Å². The molecule has 0 spiro atoms. The van der Waals surface area contributed by atoms with Crippen molar-refractivity contribution < 1.29 is 13.2 Å². The molecule has 1 aromatic heterocycles. The highest BCUT2D eigenvalue weighted by Crippen LogP contribution is 2.15. The third kappa shape index (κ3) is 4.11. The van der Waals surface area contributed by atoms with Crippen molar-refractivity contribution in [1.29, 1.82) is 5.26 Å². The fourth-order valence-electron chi connectivity index (χ4n) is 2.44. The van der Waals surface area contributed by atoms with Crippen molar-refractivity contribution in [2.24, 2.45) is 0 Å². The molecule has 1 aliphatic rings. The predicted molar refractivity (Wildman–Crippen MR) is 90.2 cm³/mol.